The van der Waals surface area contributed by atoms with E-state index in [-0.39, 0.29) is 11.3 Å². The summed E-state index contributed by atoms with van der Waals surface area (Å²) in [6.07, 6.45) is 1.19. The van der Waals surface area contributed by atoms with Crippen molar-refractivity contribution in [3.8, 4) is 0 Å². The minimum absolute atomic E-state index is 0.0699. The lowest BCUT2D eigenvalue weighted by molar-refractivity contribution is -0.121. The predicted molar refractivity (Wildman–Crippen MR) is 112 cm³/mol. The minimum atomic E-state index is -0.172. The molecular weight excluding hydrogens is 358 g/mol. The van der Waals surface area contributed by atoms with Gasteiger partial charge in [-0.15, -0.1) is 0 Å². The van der Waals surface area contributed by atoms with Crippen LogP contribution in [0.25, 0.3) is 0 Å². The van der Waals surface area contributed by atoms with Crippen molar-refractivity contribution in [3.63, 3.8) is 0 Å². The number of rotatable bonds is 8. The molecule has 0 bridgehead atoms. The first-order valence-electron chi connectivity index (χ1n) is 9.66. The fraction of sp³-hybridized carbons (Fsp3) is 0.545. The Kier molecular flexibility index (Phi) is 7.10. The van der Waals surface area contributed by atoms with Crippen molar-refractivity contribution in [1.29, 1.82) is 0 Å². The molecular formula is C22H32ClN3O. The average Bonchev–Trinajstić information content (AvgIpc) is 2.84. The first-order valence-corrected chi connectivity index (χ1v) is 10.0. The fourth-order valence-corrected chi connectivity index (χ4v) is 3.47. The standard InChI is InChI=1S/C22H32ClN3O/c1-15(2)13-26-17(4)20(16(3)25-26)10-11-21(27)24-14-22(5,6)18-8-7-9-19(23)12-18/h7-9,12,15H,10-11,13-14H2,1-6H3,(H,24,27). The van der Waals surface area contributed by atoms with Crippen LogP contribution in [-0.2, 0) is 23.2 Å². The Morgan fingerprint density at radius 1 is 1.30 bits per heavy atom. The van der Waals surface area contributed by atoms with Gasteiger partial charge in [0.25, 0.3) is 0 Å². The molecule has 0 atom stereocenters. The van der Waals surface area contributed by atoms with Crippen LogP contribution in [0.4, 0.5) is 0 Å². The molecule has 1 N–H and O–H groups in total. The average molecular weight is 390 g/mol. The third kappa shape index (κ3) is 5.83. The number of aromatic nitrogens is 2. The molecule has 0 aliphatic carbocycles. The highest BCUT2D eigenvalue weighted by Gasteiger charge is 2.22. The van der Waals surface area contributed by atoms with E-state index in [1.165, 1.54) is 11.3 Å². The Hall–Kier alpha value is -1.81. The highest BCUT2D eigenvalue weighted by molar-refractivity contribution is 6.30. The number of aryl methyl sites for hydroxylation is 1. The number of amides is 1. The highest BCUT2D eigenvalue weighted by Crippen LogP contribution is 2.25. The molecule has 1 aromatic heterocycles. The Labute approximate surface area is 168 Å². The summed E-state index contributed by atoms with van der Waals surface area (Å²) in [5.74, 6) is 0.619. The summed E-state index contributed by atoms with van der Waals surface area (Å²) < 4.78 is 2.06. The van der Waals surface area contributed by atoms with Gasteiger partial charge in [-0.1, -0.05) is 51.4 Å². The Morgan fingerprint density at radius 3 is 2.63 bits per heavy atom. The molecule has 5 heteroatoms. The maximum atomic E-state index is 12.4. The SMILES string of the molecule is Cc1nn(CC(C)C)c(C)c1CCC(=O)NCC(C)(C)c1cccc(Cl)c1. The van der Waals surface area contributed by atoms with Gasteiger partial charge in [0, 0.05) is 35.6 Å². The molecule has 27 heavy (non-hydrogen) atoms. The monoisotopic (exact) mass is 389 g/mol. The molecule has 148 valence electrons. The van der Waals surface area contributed by atoms with Crippen LogP contribution < -0.4 is 5.32 Å². The molecule has 0 unspecified atom stereocenters. The highest BCUT2D eigenvalue weighted by atomic mass is 35.5. The molecule has 0 spiro atoms. The van der Waals surface area contributed by atoms with Gasteiger partial charge in [0.15, 0.2) is 0 Å². The summed E-state index contributed by atoms with van der Waals surface area (Å²) in [7, 11) is 0. The maximum absolute atomic E-state index is 12.4. The van der Waals surface area contributed by atoms with Crippen molar-refractivity contribution in [2.75, 3.05) is 6.54 Å². The van der Waals surface area contributed by atoms with Gasteiger partial charge in [-0.05, 0) is 49.4 Å². The number of hydrogen-bond donors (Lipinski definition) is 1. The quantitative estimate of drug-likeness (QED) is 0.702. The summed E-state index contributed by atoms with van der Waals surface area (Å²) in [5, 5.41) is 8.43. The number of benzene rings is 1. The van der Waals surface area contributed by atoms with Gasteiger partial charge in [-0.2, -0.15) is 5.10 Å². The zero-order chi connectivity index (χ0) is 20.2. The van der Waals surface area contributed by atoms with E-state index >= 15 is 0 Å². The number of carbonyl (C=O) groups excluding carboxylic acids is 1. The molecule has 0 aliphatic rings. The molecule has 1 aromatic carbocycles. The van der Waals surface area contributed by atoms with E-state index < -0.39 is 0 Å². The summed E-state index contributed by atoms with van der Waals surface area (Å²) >= 11 is 6.10. The topological polar surface area (TPSA) is 46.9 Å². The largest absolute Gasteiger partial charge is 0.355 e. The summed E-state index contributed by atoms with van der Waals surface area (Å²) in [6.45, 7) is 14.2. The van der Waals surface area contributed by atoms with Gasteiger partial charge in [0.05, 0.1) is 5.69 Å². The zero-order valence-electron chi connectivity index (χ0n) is 17.4. The van der Waals surface area contributed by atoms with Gasteiger partial charge in [-0.3, -0.25) is 9.48 Å². The lowest BCUT2D eigenvalue weighted by Gasteiger charge is -2.26. The number of halogens is 1. The number of nitrogens with one attached hydrogen (secondary N) is 1. The van der Waals surface area contributed by atoms with Crippen LogP contribution in [0.1, 0.15) is 56.6 Å². The molecule has 1 heterocycles. The minimum Gasteiger partial charge on any atom is -0.355 e. The lowest BCUT2D eigenvalue weighted by atomic mass is 9.84. The molecule has 0 aliphatic heterocycles. The number of carbonyl (C=O) groups is 1. The lowest BCUT2D eigenvalue weighted by Crippen LogP contribution is -2.36. The molecule has 2 aromatic rings. The maximum Gasteiger partial charge on any atom is 0.220 e. The van der Waals surface area contributed by atoms with Crippen molar-refractivity contribution in [1.82, 2.24) is 15.1 Å². The van der Waals surface area contributed by atoms with E-state index in [4.69, 9.17) is 11.6 Å². The van der Waals surface area contributed by atoms with Crippen LogP contribution in [0.2, 0.25) is 5.02 Å². The van der Waals surface area contributed by atoms with Crippen LogP contribution in [-0.4, -0.2) is 22.2 Å². The van der Waals surface area contributed by atoms with Gasteiger partial charge in [-0.25, -0.2) is 0 Å². The van der Waals surface area contributed by atoms with Gasteiger partial charge < -0.3 is 5.32 Å². The van der Waals surface area contributed by atoms with Crippen LogP contribution >= 0.6 is 11.6 Å². The Bertz CT molecular complexity index is 793. The molecule has 0 radical (unpaired) electrons. The zero-order valence-corrected chi connectivity index (χ0v) is 18.2. The van der Waals surface area contributed by atoms with Crippen LogP contribution in [0.3, 0.4) is 0 Å². The molecule has 0 saturated carbocycles. The van der Waals surface area contributed by atoms with Crippen molar-refractivity contribution < 1.29 is 4.79 Å². The Balaban J connectivity index is 1.92. The van der Waals surface area contributed by atoms with Gasteiger partial charge >= 0.3 is 0 Å². The van der Waals surface area contributed by atoms with E-state index in [0.29, 0.717) is 18.9 Å². The van der Waals surface area contributed by atoms with Crippen molar-refractivity contribution >= 4 is 17.5 Å². The third-order valence-electron chi connectivity index (χ3n) is 5.01. The second-order valence-corrected chi connectivity index (χ2v) is 8.83. The summed E-state index contributed by atoms with van der Waals surface area (Å²) in [4.78, 5) is 12.4. The molecule has 0 fully saturated rings. The first kappa shape index (κ1) is 21.5. The molecule has 2 rings (SSSR count). The van der Waals surface area contributed by atoms with Crippen molar-refractivity contribution in [2.45, 2.75) is 66.3 Å². The van der Waals surface area contributed by atoms with E-state index in [0.717, 1.165) is 29.2 Å². The van der Waals surface area contributed by atoms with Crippen LogP contribution in [0, 0.1) is 19.8 Å². The van der Waals surface area contributed by atoms with Crippen molar-refractivity contribution in [3.05, 3.63) is 51.8 Å². The number of nitrogens with zero attached hydrogens (tertiary/aromatic N) is 2. The van der Waals surface area contributed by atoms with Gasteiger partial charge in [0.1, 0.15) is 0 Å². The predicted octanol–water partition coefficient (Wildman–Crippen LogP) is 4.84. The Morgan fingerprint density at radius 2 is 2.00 bits per heavy atom. The first-order chi connectivity index (χ1) is 12.6. The second kappa shape index (κ2) is 8.92. The fourth-order valence-electron chi connectivity index (χ4n) is 3.28. The smallest absolute Gasteiger partial charge is 0.220 e. The molecule has 0 saturated heterocycles. The molecule has 1 amide bonds. The van der Waals surface area contributed by atoms with Crippen LogP contribution in [0.5, 0.6) is 0 Å². The van der Waals surface area contributed by atoms with E-state index in [9.17, 15) is 4.79 Å². The second-order valence-electron chi connectivity index (χ2n) is 8.40. The number of hydrogen-bond acceptors (Lipinski definition) is 2. The van der Waals surface area contributed by atoms with Crippen LogP contribution in [0.15, 0.2) is 24.3 Å². The van der Waals surface area contributed by atoms with E-state index in [1.807, 2.05) is 31.2 Å². The van der Waals surface area contributed by atoms with Crippen molar-refractivity contribution in [2.24, 2.45) is 5.92 Å². The van der Waals surface area contributed by atoms with Gasteiger partial charge in [0.2, 0.25) is 5.91 Å². The van der Waals surface area contributed by atoms with E-state index in [2.05, 4.69) is 49.7 Å². The normalized spacial score (nSPS) is 11.9. The third-order valence-corrected chi connectivity index (χ3v) is 5.24. The summed E-state index contributed by atoms with van der Waals surface area (Å²) in [6, 6.07) is 7.82. The summed E-state index contributed by atoms with van der Waals surface area (Å²) in [5.41, 5.74) is 4.35. The van der Waals surface area contributed by atoms with E-state index in [1.54, 1.807) is 0 Å². The molecule has 4 nitrogen and oxygen atoms in total.